The Morgan fingerprint density at radius 1 is 0.548 bits per heavy atom. The molecule has 1 atom stereocenters. The first-order valence-corrected chi connectivity index (χ1v) is 16.8. The van der Waals surface area contributed by atoms with Gasteiger partial charge in [0.1, 0.15) is 0 Å². The van der Waals surface area contributed by atoms with Crippen molar-refractivity contribution in [1.29, 1.82) is 0 Å². The van der Waals surface area contributed by atoms with E-state index in [0.29, 0.717) is 0 Å². The molecule has 6 aliphatic carbocycles. The molecule has 6 aliphatic rings. The van der Waals surface area contributed by atoms with Gasteiger partial charge < -0.3 is 15.3 Å². The van der Waals surface area contributed by atoms with E-state index in [1.54, 1.807) is 22.3 Å². The maximum atomic E-state index is 10.4. The Kier molecular flexibility index (Phi) is 17.2. The van der Waals surface area contributed by atoms with Gasteiger partial charge in [-0.3, -0.25) is 14.4 Å². The summed E-state index contributed by atoms with van der Waals surface area (Å²) in [5, 5.41) is 25.6. The topological polar surface area (TPSA) is 112 Å². The minimum Gasteiger partial charge on any atom is -0.481 e. The van der Waals surface area contributed by atoms with Crippen molar-refractivity contribution < 1.29 is 51.4 Å². The van der Waals surface area contributed by atoms with Crippen molar-refractivity contribution in [2.75, 3.05) is 0 Å². The third-order valence-corrected chi connectivity index (χ3v) is 10.1. The van der Waals surface area contributed by atoms with Crippen LogP contribution in [0.2, 0.25) is 0 Å². The fourth-order valence-electron chi connectivity index (χ4n) is 7.55. The van der Waals surface area contributed by atoms with E-state index >= 15 is 0 Å². The van der Waals surface area contributed by atoms with E-state index in [9.17, 15) is 14.4 Å². The number of hydrogen-bond acceptors (Lipinski definition) is 3. The number of carbonyl (C=O) groups is 3. The van der Waals surface area contributed by atoms with Gasteiger partial charge in [-0.2, -0.15) is 5.57 Å². The van der Waals surface area contributed by atoms with E-state index in [-0.39, 0.29) is 39.5 Å². The van der Waals surface area contributed by atoms with Crippen LogP contribution < -0.4 is 0 Å². The largest absolute Gasteiger partial charge is 0.481 e. The van der Waals surface area contributed by atoms with Gasteiger partial charge in [-0.25, -0.2) is 12.0 Å². The van der Waals surface area contributed by atoms with Crippen molar-refractivity contribution in [3.8, 4) is 0 Å². The third-order valence-electron chi connectivity index (χ3n) is 10.1. The predicted octanol–water partition coefficient (Wildman–Crippen LogP) is 9.14. The van der Waals surface area contributed by atoms with Crippen LogP contribution in [0.5, 0.6) is 0 Å². The summed E-state index contributed by atoms with van der Waals surface area (Å²) in [6.07, 6.45) is 28.0. The number of aliphatic carboxylic acids is 3. The van der Waals surface area contributed by atoms with Crippen LogP contribution in [0.1, 0.15) is 148 Å². The first kappa shape index (κ1) is 36.7. The molecular formula is C35H55O6Ti-. The zero-order valence-corrected chi connectivity index (χ0v) is 27.6. The summed E-state index contributed by atoms with van der Waals surface area (Å²) in [5.74, 6) is -1.11. The van der Waals surface area contributed by atoms with E-state index in [0.717, 1.165) is 83.0 Å². The molecule has 0 aliphatic heterocycles. The normalized spacial score (nSPS) is 24.5. The molecule has 236 valence electrons. The van der Waals surface area contributed by atoms with Gasteiger partial charge in [-0.05, 0) is 63.7 Å². The standard InChI is InChI=1S/C14H19.3C7H12O2.Ti/c1-10-11-6-2-4-8-13(11)14-9-5-3-7-12(10)14;3*8-7(9)6-4-2-1-3-5-6;/h6,10H,2-5,7-9H2,1H3;3*6H,1-5H2,(H,8,9);/q-1;;;;. The maximum absolute atomic E-state index is 10.4. The van der Waals surface area contributed by atoms with Crippen LogP contribution in [-0.4, -0.2) is 33.2 Å². The Hall–Kier alpha value is -1.53. The molecule has 6 rings (SSSR count). The summed E-state index contributed by atoms with van der Waals surface area (Å²) in [4.78, 5) is 31.1. The fraction of sp³-hybridized carbons (Fsp3) is 0.771. The SMILES string of the molecule is CC1C2=C(CCC[CH-]2)C2=C1CCCC2.O=C(O)C1CCCCC1.O=C(O)C1CCCCC1.O=C(O)C1CCCCC1.[Ti]. The molecule has 0 aromatic carbocycles. The Morgan fingerprint density at radius 2 is 0.929 bits per heavy atom. The van der Waals surface area contributed by atoms with E-state index < -0.39 is 17.9 Å². The first-order chi connectivity index (χ1) is 19.8. The Labute approximate surface area is 269 Å². The van der Waals surface area contributed by atoms with Gasteiger partial charge in [0, 0.05) is 21.7 Å². The molecule has 1 unspecified atom stereocenters. The minimum absolute atomic E-state index is 0. The molecular weight excluding hydrogens is 564 g/mol. The number of hydrogen-bond donors (Lipinski definition) is 3. The van der Waals surface area contributed by atoms with Crippen LogP contribution in [0.4, 0.5) is 0 Å². The fourth-order valence-corrected chi connectivity index (χ4v) is 7.55. The molecule has 0 radical (unpaired) electrons. The average Bonchev–Trinajstić information content (AvgIpc) is 3.31. The van der Waals surface area contributed by atoms with E-state index in [1.807, 2.05) is 0 Å². The number of allylic oxidation sites excluding steroid dienone is 4. The van der Waals surface area contributed by atoms with Crippen LogP contribution in [0, 0.1) is 30.1 Å². The van der Waals surface area contributed by atoms with Crippen LogP contribution in [0.15, 0.2) is 22.3 Å². The van der Waals surface area contributed by atoms with Crippen LogP contribution in [-0.2, 0) is 36.1 Å². The molecule has 0 amide bonds. The van der Waals surface area contributed by atoms with E-state index in [2.05, 4.69) is 13.3 Å². The summed E-state index contributed by atoms with van der Waals surface area (Å²) < 4.78 is 0. The summed E-state index contributed by atoms with van der Waals surface area (Å²) >= 11 is 0. The quantitative estimate of drug-likeness (QED) is 0.215. The van der Waals surface area contributed by atoms with Gasteiger partial charge in [0.2, 0.25) is 0 Å². The van der Waals surface area contributed by atoms with E-state index in [1.165, 1.54) is 64.2 Å². The molecule has 3 saturated carbocycles. The van der Waals surface area contributed by atoms with Crippen molar-refractivity contribution in [3.63, 3.8) is 0 Å². The van der Waals surface area contributed by atoms with Gasteiger partial charge in [0.05, 0.1) is 17.8 Å². The molecule has 6 nitrogen and oxygen atoms in total. The zero-order valence-electron chi connectivity index (χ0n) is 26.0. The van der Waals surface area contributed by atoms with Crippen molar-refractivity contribution in [1.82, 2.24) is 0 Å². The molecule has 0 saturated heterocycles. The predicted molar refractivity (Wildman–Crippen MR) is 162 cm³/mol. The van der Waals surface area contributed by atoms with Gasteiger partial charge in [-0.15, -0.1) is 12.0 Å². The maximum Gasteiger partial charge on any atom is 0.306 e. The van der Waals surface area contributed by atoms with Gasteiger partial charge in [-0.1, -0.05) is 89.5 Å². The molecule has 42 heavy (non-hydrogen) atoms. The molecule has 3 N–H and O–H groups in total. The number of carboxylic acids is 3. The van der Waals surface area contributed by atoms with Crippen LogP contribution in [0.25, 0.3) is 0 Å². The molecule has 0 heterocycles. The van der Waals surface area contributed by atoms with Crippen LogP contribution in [0.3, 0.4) is 0 Å². The Morgan fingerprint density at radius 3 is 1.31 bits per heavy atom. The Bertz CT molecular complexity index is 821. The third kappa shape index (κ3) is 11.5. The summed E-state index contributed by atoms with van der Waals surface area (Å²) in [7, 11) is 0. The molecule has 3 fully saturated rings. The van der Waals surface area contributed by atoms with Gasteiger partial charge in [0.15, 0.2) is 0 Å². The molecule has 0 aromatic rings. The second-order valence-corrected chi connectivity index (χ2v) is 13.0. The summed E-state index contributed by atoms with van der Waals surface area (Å²) in [6.45, 7) is 2.42. The van der Waals surface area contributed by atoms with Crippen LogP contribution >= 0.6 is 0 Å². The summed E-state index contributed by atoms with van der Waals surface area (Å²) in [6, 6.07) is 0. The smallest absolute Gasteiger partial charge is 0.306 e. The first-order valence-electron chi connectivity index (χ1n) is 16.8. The zero-order chi connectivity index (χ0) is 29.6. The average molecular weight is 620 g/mol. The molecule has 0 bridgehead atoms. The molecule has 7 heteroatoms. The molecule has 0 aromatic heterocycles. The van der Waals surface area contributed by atoms with Crippen molar-refractivity contribution in [2.24, 2.45) is 23.7 Å². The Balaban J connectivity index is 0.000000199. The number of rotatable bonds is 3. The van der Waals surface area contributed by atoms with Crippen molar-refractivity contribution in [2.45, 2.75) is 148 Å². The van der Waals surface area contributed by atoms with Gasteiger partial charge in [0.25, 0.3) is 0 Å². The van der Waals surface area contributed by atoms with Crippen molar-refractivity contribution in [3.05, 3.63) is 28.7 Å². The van der Waals surface area contributed by atoms with Gasteiger partial charge >= 0.3 is 17.9 Å². The minimum atomic E-state index is -0.602. The monoisotopic (exact) mass is 619 g/mol. The van der Waals surface area contributed by atoms with Crippen molar-refractivity contribution >= 4 is 17.9 Å². The summed E-state index contributed by atoms with van der Waals surface area (Å²) in [5.41, 5.74) is 7.07. The number of carboxylic acid groups (broad SMARTS) is 3. The second kappa shape index (κ2) is 19.7. The molecule has 0 spiro atoms. The second-order valence-electron chi connectivity index (χ2n) is 13.0. The number of fused-ring (bicyclic) bond motifs is 1. The van der Waals surface area contributed by atoms with E-state index in [4.69, 9.17) is 15.3 Å².